The van der Waals surface area contributed by atoms with Crippen molar-refractivity contribution in [3.63, 3.8) is 0 Å². The molecule has 2 heterocycles. The molecule has 3 aromatic rings. The van der Waals surface area contributed by atoms with Crippen LogP contribution < -0.4 is 5.32 Å². The number of carbonyl (C=O) groups is 2. The fourth-order valence-electron chi connectivity index (χ4n) is 3.58. The monoisotopic (exact) mass is 384 g/mol. The van der Waals surface area contributed by atoms with Crippen LogP contribution in [0.15, 0.2) is 29.6 Å². The van der Waals surface area contributed by atoms with Crippen LogP contribution in [0.1, 0.15) is 46.6 Å². The summed E-state index contributed by atoms with van der Waals surface area (Å²) in [5, 5.41) is 5.98. The van der Waals surface area contributed by atoms with Gasteiger partial charge < -0.3 is 14.6 Å². The molecule has 0 saturated heterocycles. The first-order valence-corrected chi connectivity index (χ1v) is 9.80. The van der Waals surface area contributed by atoms with E-state index in [1.54, 1.807) is 10.6 Å². The molecule has 0 aliphatic heterocycles. The van der Waals surface area contributed by atoms with Crippen LogP contribution in [0, 0.1) is 20.8 Å². The summed E-state index contributed by atoms with van der Waals surface area (Å²) < 4.78 is 6.74. The van der Waals surface area contributed by atoms with Crippen LogP contribution in [0.2, 0.25) is 0 Å². The van der Waals surface area contributed by atoms with Crippen molar-refractivity contribution in [1.29, 1.82) is 0 Å². The Morgan fingerprint density at radius 1 is 1.19 bits per heavy atom. The molecule has 142 valence electrons. The summed E-state index contributed by atoms with van der Waals surface area (Å²) in [4.78, 5) is 26.4. The van der Waals surface area contributed by atoms with Gasteiger partial charge in [-0.25, -0.2) is 4.79 Å². The Morgan fingerprint density at radius 2 is 1.85 bits per heavy atom. The SMILES string of the molecule is CCC(C(=O)Nc1c(C)cc(C)cc1C)n1c(C(=O)OC)cc2ccsc21. The van der Waals surface area contributed by atoms with E-state index in [0.29, 0.717) is 12.1 Å². The third kappa shape index (κ3) is 3.49. The van der Waals surface area contributed by atoms with E-state index in [9.17, 15) is 9.59 Å². The molecular weight excluding hydrogens is 360 g/mol. The fraction of sp³-hybridized carbons (Fsp3) is 0.333. The fourth-order valence-corrected chi connectivity index (χ4v) is 4.53. The maximum absolute atomic E-state index is 13.2. The molecule has 1 aromatic carbocycles. The van der Waals surface area contributed by atoms with E-state index < -0.39 is 12.0 Å². The van der Waals surface area contributed by atoms with E-state index in [1.165, 1.54) is 18.4 Å². The minimum atomic E-state index is -0.504. The Kier molecular flexibility index (Phi) is 5.37. The number of aromatic nitrogens is 1. The molecule has 5 nitrogen and oxygen atoms in total. The molecule has 1 amide bonds. The summed E-state index contributed by atoms with van der Waals surface area (Å²) in [5.41, 5.74) is 4.45. The van der Waals surface area contributed by atoms with Crippen molar-refractivity contribution in [2.75, 3.05) is 12.4 Å². The third-order valence-corrected chi connectivity index (χ3v) is 5.69. The molecule has 27 heavy (non-hydrogen) atoms. The standard InChI is InChI=1S/C21H24N2O3S/c1-6-16(19(24)22-18-13(3)9-12(2)10-14(18)4)23-17(21(25)26-5)11-15-7-8-27-20(15)23/h7-11,16H,6H2,1-5H3,(H,22,24). The average molecular weight is 385 g/mol. The number of carbonyl (C=O) groups excluding carboxylic acids is 2. The molecule has 1 N–H and O–H groups in total. The summed E-state index contributed by atoms with van der Waals surface area (Å²) in [5.74, 6) is -0.573. The Morgan fingerprint density at radius 3 is 2.44 bits per heavy atom. The lowest BCUT2D eigenvalue weighted by atomic mass is 10.0. The summed E-state index contributed by atoms with van der Waals surface area (Å²) >= 11 is 1.51. The maximum Gasteiger partial charge on any atom is 0.354 e. The van der Waals surface area contributed by atoms with Gasteiger partial charge in [-0.2, -0.15) is 0 Å². The number of fused-ring (bicyclic) bond motifs is 1. The van der Waals surface area contributed by atoms with Gasteiger partial charge in [-0.1, -0.05) is 24.6 Å². The molecule has 0 aliphatic rings. The molecule has 3 rings (SSSR count). The van der Waals surface area contributed by atoms with Crippen molar-refractivity contribution in [2.24, 2.45) is 0 Å². The number of nitrogens with one attached hydrogen (secondary N) is 1. The molecule has 1 atom stereocenters. The van der Waals surface area contributed by atoms with Crippen molar-refractivity contribution in [2.45, 2.75) is 40.2 Å². The lowest BCUT2D eigenvalue weighted by Gasteiger charge is -2.21. The Balaban J connectivity index is 2.03. The minimum Gasteiger partial charge on any atom is -0.464 e. The van der Waals surface area contributed by atoms with Gasteiger partial charge in [0.05, 0.1) is 7.11 Å². The normalized spacial score (nSPS) is 12.2. The van der Waals surface area contributed by atoms with Crippen molar-refractivity contribution in [3.05, 3.63) is 52.0 Å². The van der Waals surface area contributed by atoms with Gasteiger partial charge in [-0.3, -0.25) is 4.79 Å². The topological polar surface area (TPSA) is 60.3 Å². The van der Waals surface area contributed by atoms with Crippen molar-refractivity contribution in [1.82, 2.24) is 4.57 Å². The van der Waals surface area contributed by atoms with Crippen LogP contribution in [0.25, 0.3) is 10.2 Å². The molecule has 2 aromatic heterocycles. The lowest BCUT2D eigenvalue weighted by Crippen LogP contribution is -2.28. The zero-order valence-electron chi connectivity index (χ0n) is 16.3. The second-order valence-corrected chi connectivity index (χ2v) is 7.65. The number of benzene rings is 1. The summed E-state index contributed by atoms with van der Waals surface area (Å²) in [6, 6.07) is 7.33. The molecule has 0 aliphatic carbocycles. The first kappa shape index (κ1) is 19.2. The van der Waals surface area contributed by atoms with Gasteiger partial charge in [-0.05, 0) is 55.8 Å². The van der Waals surface area contributed by atoms with Crippen LogP contribution in [0.4, 0.5) is 5.69 Å². The zero-order valence-corrected chi connectivity index (χ0v) is 17.1. The van der Waals surface area contributed by atoms with Gasteiger partial charge in [-0.15, -0.1) is 11.3 Å². The highest BCUT2D eigenvalue weighted by atomic mass is 32.1. The van der Waals surface area contributed by atoms with Gasteiger partial charge >= 0.3 is 5.97 Å². The number of hydrogen-bond donors (Lipinski definition) is 1. The minimum absolute atomic E-state index is 0.136. The number of aryl methyl sites for hydroxylation is 3. The number of methoxy groups -OCH3 is 1. The van der Waals surface area contributed by atoms with Crippen LogP contribution in [0.3, 0.4) is 0 Å². The predicted octanol–water partition coefficient (Wildman–Crippen LogP) is 5.00. The van der Waals surface area contributed by atoms with Crippen molar-refractivity contribution in [3.8, 4) is 0 Å². The average Bonchev–Trinajstić information content (AvgIpc) is 3.20. The third-order valence-electron chi connectivity index (χ3n) is 4.77. The van der Waals surface area contributed by atoms with E-state index in [-0.39, 0.29) is 5.91 Å². The quantitative estimate of drug-likeness (QED) is 0.630. The van der Waals surface area contributed by atoms with Gasteiger partial charge in [0.25, 0.3) is 0 Å². The van der Waals surface area contributed by atoms with E-state index in [1.807, 2.05) is 39.1 Å². The number of hydrogen-bond acceptors (Lipinski definition) is 4. The number of rotatable bonds is 5. The predicted molar refractivity (Wildman–Crippen MR) is 110 cm³/mol. The molecule has 0 saturated carbocycles. The number of nitrogens with zero attached hydrogens (tertiary/aromatic N) is 1. The largest absolute Gasteiger partial charge is 0.464 e. The number of esters is 1. The van der Waals surface area contributed by atoms with Gasteiger partial charge in [0.1, 0.15) is 16.6 Å². The van der Waals surface area contributed by atoms with Crippen LogP contribution in [-0.2, 0) is 9.53 Å². The van der Waals surface area contributed by atoms with E-state index in [2.05, 4.69) is 17.4 Å². The van der Waals surface area contributed by atoms with Gasteiger partial charge in [0, 0.05) is 11.1 Å². The molecule has 1 unspecified atom stereocenters. The van der Waals surface area contributed by atoms with E-state index in [4.69, 9.17) is 4.74 Å². The molecule has 6 heteroatoms. The molecule has 0 fully saturated rings. The maximum atomic E-state index is 13.2. The smallest absolute Gasteiger partial charge is 0.354 e. The molecule has 0 bridgehead atoms. The second kappa shape index (κ2) is 7.56. The highest BCUT2D eigenvalue weighted by Gasteiger charge is 2.27. The Hall–Kier alpha value is -2.60. The number of ether oxygens (including phenoxy) is 1. The van der Waals surface area contributed by atoms with Crippen molar-refractivity contribution >= 4 is 39.1 Å². The molecular formula is C21H24N2O3S. The zero-order chi connectivity index (χ0) is 19.7. The van der Waals surface area contributed by atoms with Crippen LogP contribution in [-0.4, -0.2) is 23.6 Å². The highest BCUT2D eigenvalue weighted by Crippen LogP contribution is 2.32. The second-order valence-electron chi connectivity index (χ2n) is 6.76. The number of anilines is 1. The first-order valence-electron chi connectivity index (χ1n) is 8.92. The lowest BCUT2D eigenvalue weighted by molar-refractivity contribution is -0.119. The summed E-state index contributed by atoms with van der Waals surface area (Å²) in [7, 11) is 1.35. The Bertz CT molecular complexity index is 993. The van der Waals surface area contributed by atoms with E-state index in [0.717, 1.165) is 32.6 Å². The highest BCUT2D eigenvalue weighted by molar-refractivity contribution is 7.16. The van der Waals surface area contributed by atoms with Crippen LogP contribution >= 0.6 is 11.3 Å². The van der Waals surface area contributed by atoms with Crippen molar-refractivity contribution < 1.29 is 14.3 Å². The van der Waals surface area contributed by atoms with E-state index >= 15 is 0 Å². The Labute approximate surface area is 163 Å². The number of thiophene rings is 1. The number of amides is 1. The van der Waals surface area contributed by atoms with Gasteiger partial charge in [0.15, 0.2) is 0 Å². The van der Waals surface area contributed by atoms with Gasteiger partial charge in [0.2, 0.25) is 5.91 Å². The molecule has 0 radical (unpaired) electrons. The van der Waals surface area contributed by atoms with Crippen LogP contribution in [0.5, 0.6) is 0 Å². The first-order chi connectivity index (χ1) is 12.9. The molecule has 0 spiro atoms. The summed E-state index contributed by atoms with van der Waals surface area (Å²) in [6.45, 7) is 7.96. The summed E-state index contributed by atoms with van der Waals surface area (Å²) in [6.07, 6.45) is 0.557.